The van der Waals surface area contributed by atoms with Crippen LogP contribution in [0.15, 0.2) is 54.2 Å². The number of hydrogen-bond donors (Lipinski definition) is 1. The molecule has 0 saturated carbocycles. The predicted octanol–water partition coefficient (Wildman–Crippen LogP) is 4.83. The molecule has 0 fully saturated rings. The van der Waals surface area contributed by atoms with Crippen molar-refractivity contribution in [1.29, 1.82) is 0 Å². The summed E-state index contributed by atoms with van der Waals surface area (Å²) >= 11 is 0. The maximum absolute atomic E-state index is 12.9. The molecule has 6 nitrogen and oxygen atoms in total. The van der Waals surface area contributed by atoms with Crippen LogP contribution in [0.1, 0.15) is 26.3 Å². The SMILES string of the molecule is CCN1C(=O)C(Nc2cccc(OC(F)(F)F)c2)=C(c2ccc(OCC(C)C)cc2)C1=O. The van der Waals surface area contributed by atoms with E-state index < -0.39 is 23.9 Å². The number of nitrogens with one attached hydrogen (secondary N) is 1. The van der Waals surface area contributed by atoms with Gasteiger partial charge in [0.2, 0.25) is 0 Å². The van der Waals surface area contributed by atoms with E-state index in [0.29, 0.717) is 23.8 Å². The summed E-state index contributed by atoms with van der Waals surface area (Å²) in [6.45, 7) is 6.39. The Balaban J connectivity index is 1.94. The Kier molecular flexibility index (Phi) is 6.76. The molecule has 0 bridgehead atoms. The minimum Gasteiger partial charge on any atom is -0.493 e. The molecule has 0 unspecified atom stereocenters. The number of carbonyl (C=O) groups is 2. The highest BCUT2D eigenvalue weighted by Crippen LogP contribution is 2.32. The van der Waals surface area contributed by atoms with E-state index >= 15 is 0 Å². The summed E-state index contributed by atoms with van der Waals surface area (Å²) in [5, 5.41) is 2.80. The molecule has 170 valence electrons. The van der Waals surface area contributed by atoms with E-state index in [2.05, 4.69) is 10.1 Å². The van der Waals surface area contributed by atoms with Crippen molar-refractivity contribution in [3.8, 4) is 11.5 Å². The fraction of sp³-hybridized carbons (Fsp3) is 0.304. The summed E-state index contributed by atoms with van der Waals surface area (Å²) in [5.74, 6) is -0.523. The molecule has 1 N–H and O–H groups in total. The van der Waals surface area contributed by atoms with Gasteiger partial charge in [-0.15, -0.1) is 13.2 Å². The lowest BCUT2D eigenvalue weighted by molar-refractivity contribution is -0.274. The number of hydrogen-bond acceptors (Lipinski definition) is 5. The van der Waals surface area contributed by atoms with Crippen molar-refractivity contribution in [2.75, 3.05) is 18.5 Å². The van der Waals surface area contributed by atoms with Crippen molar-refractivity contribution < 1.29 is 32.2 Å². The van der Waals surface area contributed by atoms with Gasteiger partial charge in [0.1, 0.15) is 17.2 Å². The van der Waals surface area contributed by atoms with Gasteiger partial charge in [0.05, 0.1) is 12.2 Å². The first-order valence-corrected chi connectivity index (χ1v) is 10.1. The zero-order chi connectivity index (χ0) is 23.5. The normalized spacial score (nSPS) is 14.4. The number of amides is 2. The van der Waals surface area contributed by atoms with Crippen LogP contribution in [0.3, 0.4) is 0 Å². The van der Waals surface area contributed by atoms with Gasteiger partial charge >= 0.3 is 6.36 Å². The summed E-state index contributed by atoms with van der Waals surface area (Å²) in [4.78, 5) is 26.8. The van der Waals surface area contributed by atoms with E-state index in [-0.39, 0.29) is 23.5 Å². The van der Waals surface area contributed by atoms with Gasteiger partial charge in [-0.25, -0.2) is 0 Å². The molecule has 0 aliphatic carbocycles. The number of nitrogens with zero attached hydrogens (tertiary/aromatic N) is 1. The van der Waals surface area contributed by atoms with Crippen molar-refractivity contribution in [3.05, 3.63) is 59.8 Å². The number of ether oxygens (including phenoxy) is 2. The van der Waals surface area contributed by atoms with Crippen LogP contribution in [0.2, 0.25) is 0 Å². The van der Waals surface area contributed by atoms with E-state index in [0.717, 1.165) is 17.0 Å². The largest absolute Gasteiger partial charge is 0.573 e. The molecule has 0 saturated heterocycles. The second-order valence-corrected chi connectivity index (χ2v) is 7.53. The number of halogens is 3. The summed E-state index contributed by atoms with van der Waals surface area (Å²) in [6.07, 6.45) is -4.85. The quantitative estimate of drug-likeness (QED) is 0.586. The zero-order valence-corrected chi connectivity index (χ0v) is 17.8. The first-order chi connectivity index (χ1) is 15.1. The molecule has 2 amide bonds. The first-order valence-electron chi connectivity index (χ1n) is 10.1. The van der Waals surface area contributed by atoms with Gasteiger partial charge < -0.3 is 14.8 Å². The Labute approximate surface area is 183 Å². The van der Waals surface area contributed by atoms with Crippen molar-refractivity contribution in [2.45, 2.75) is 27.1 Å². The lowest BCUT2D eigenvalue weighted by atomic mass is 10.0. The summed E-state index contributed by atoms with van der Waals surface area (Å²) in [7, 11) is 0. The van der Waals surface area contributed by atoms with E-state index in [1.165, 1.54) is 12.1 Å². The number of carbonyl (C=O) groups excluding carboxylic acids is 2. The van der Waals surface area contributed by atoms with Crippen LogP contribution in [0.4, 0.5) is 18.9 Å². The van der Waals surface area contributed by atoms with Crippen LogP contribution in [-0.4, -0.2) is 36.2 Å². The maximum Gasteiger partial charge on any atom is 0.573 e. The molecular formula is C23H23F3N2O4. The molecule has 2 aromatic carbocycles. The molecule has 0 aromatic heterocycles. The molecule has 32 heavy (non-hydrogen) atoms. The molecule has 9 heteroatoms. The average Bonchev–Trinajstić information content (AvgIpc) is 2.95. The van der Waals surface area contributed by atoms with Crippen LogP contribution in [0.25, 0.3) is 5.57 Å². The van der Waals surface area contributed by atoms with Crippen molar-refractivity contribution >= 4 is 23.1 Å². The number of benzene rings is 2. The van der Waals surface area contributed by atoms with E-state index in [1.54, 1.807) is 31.2 Å². The highest BCUT2D eigenvalue weighted by atomic mass is 19.4. The van der Waals surface area contributed by atoms with E-state index in [4.69, 9.17) is 4.74 Å². The Bertz CT molecular complexity index is 1030. The lowest BCUT2D eigenvalue weighted by Gasteiger charge is -2.13. The third-order valence-electron chi connectivity index (χ3n) is 4.55. The number of rotatable bonds is 8. The highest BCUT2D eigenvalue weighted by molar-refractivity contribution is 6.36. The molecule has 2 aromatic rings. The van der Waals surface area contributed by atoms with Gasteiger partial charge in [0.25, 0.3) is 11.8 Å². The third-order valence-corrected chi connectivity index (χ3v) is 4.55. The van der Waals surface area contributed by atoms with E-state index in [1.807, 2.05) is 13.8 Å². The number of imide groups is 1. The van der Waals surface area contributed by atoms with Crippen LogP contribution < -0.4 is 14.8 Å². The first kappa shape index (κ1) is 23.2. The summed E-state index contributed by atoms with van der Waals surface area (Å²) in [5.41, 5.74) is 0.780. The van der Waals surface area contributed by atoms with E-state index in [9.17, 15) is 22.8 Å². The topological polar surface area (TPSA) is 67.9 Å². The zero-order valence-electron chi connectivity index (χ0n) is 17.8. The lowest BCUT2D eigenvalue weighted by Crippen LogP contribution is -2.32. The molecule has 3 rings (SSSR count). The second kappa shape index (κ2) is 9.33. The minimum absolute atomic E-state index is 0.0168. The molecule has 0 spiro atoms. The monoisotopic (exact) mass is 448 g/mol. The number of anilines is 1. The molecule has 1 aliphatic heterocycles. The van der Waals surface area contributed by atoms with Gasteiger partial charge in [-0.2, -0.15) is 0 Å². The van der Waals surface area contributed by atoms with Gasteiger partial charge in [-0.1, -0.05) is 32.0 Å². The number of likely N-dealkylation sites (N-methyl/N-ethyl adjacent to an activating group) is 1. The fourth-order valence-electron chi connectivity index (χ4n) is 3.14. The molecular weight excluding hydrogens is 425 g/mol. The molecule has 0 atom stereocenters. The van der Waals surface area contributed by atoms with Crippen LogP contribution in [0.5, 0.6) is 11.5 Å². The smallest absolute Gasteiger partial charge is 0.493 e. The van der Waals surface area contributed by atoms with Crippen molar-refractivity contribution in [2.24, 2.45) is 5.92 Å². The van der Waals surface area contributed by atoms with Crippen LogP contribution in [-0.2, 0) is 9.59 Å². The number of alkyl halides is 3. The molecule has 1 heterocycles. The second-order valence-electron chi connectivity index (χ2n) is 7.53. The summed E-state index contributed by atoms with van der Waals surface area (Å²) < 4.78 is 47.2. The fourth-order valence-corrected chi connectivity index (χ4v) is 3.14. The Morgan fingerprint density at radius 3 is 2.28 bits per heavy atom. The maximum atomic E-state index is 12.9. The van der Waals surface area contributed by atoms with Crippen LogP contribution >= 0.6 is 0 Å². The summed E-state index contributed by atoms with van der Waals surface area (Å²) in [6, 6.07) is 11.8. The van der Waals surface area contributed by atoms with Gasteiger partial charge in [-0.05, 0) is 42.7 Å². The van der Waals surface area contributed by atoms with Crippen molar-refractivity contribution in [1.82, 2.24) is 4.90 Å². The molecule has 0 radical (unpaired) electrons. The highest BCUT2D eigenvalue weighted by Gasteiger charge is 2.38. The minimum atomic E-state index is -4.85. The Hall–Kier alpha value is -3.49. The Morgan fingerprint density at radius 1 is 1.00 bits per heavy atom. The third kappa shape index (κ3) is 5.40. The van der Waals surface area contributed by atoms with Crippen molar-refractivity contribution in [3.63, 3.8) is 0 Å². The van der Waals surface area contributed by atoms with Gasteiger partial charge in [0.15, 0.2) is 0 Å². The predicted molar refractivity (Wildman–Crippen MR) is 113 cm³/mol. The van der Waals surface area contributed by atoms with Gasteiger partial charge in [-0.3, -0.25) is 14.5 Å². The standard InChI is InChI=1S/C23H23F3N2O4/c1-4-28-21(29)19(15-8-10-17(11-9-15)31-13-14(2)3)20(22(28)30)27-16-6-5-7-18(12-16)32-23(24,25)26/h5-12,14,27H,4,13H2,1-3H3. The van der Waals surface area contributed by atoms with Gasteiger partial charge in [0, 0.05) is 18.3 Å². The Morgan fingerprint density at radius 2 is 1.69 bits per heavy atom. The van der Waals surface area contributed by atoms with Crippen LogP contribution in [0, 0.1) is 5.92 Å². The average molecular weight is 448 g/mol. The molecule has 1 aliphatic rings.